The zero-order chi connectivity index (χ0) is 11.3. The second-order valence-electron chi connectivity index (χ2n) is 4.19. The highest BCUT2D eigenvalue weighted by Gasteiger charge is 2.24. The van der Waals surface area contributed by atoms with Crippen LogP contribution >= 0.6 is 0 Å². The van der Waals surface area contributed by atoms with Gasteiger partial charge in [0.2, 0.25) is 0 Å². The molecule has 0 aliphatic heterocycles. The summed E-state index contributed by atoms with van der Waals surface area (Å²) in [6.07, 6.45) is 4.25. The molecule has 0 aliphatic rings. The lowest BCUT2D eigenvalue weighted by Gasteiger charge is -2.37. The number of rotatable bonds is 4. The van der Waals surface area contributed by atoms with E-state index in [1.807, 2.05) is 0 Å². The Morgan fingerprint density at radius 3 is 2.27 bits per heavy atom. The molecule has 0 saturated carbocycles. The third kappa shape index (κ3) is 2.62. The van der Waals surface area contributed by atoms with Crippen LogP contribution in [0, 0.1) is 0 Å². The van der Waals surface area contributed by atoms with Gasteiger partial charge < -0.3 is 4.90 Å². The summed E-state index contributed by atoms with van der Waals surface area (Å²) in [5.74, 6) is 0. The standard InChI is InChI=1S/C14H21N/c1-5-12-15(6-2)14(3,4)13-10-8-7-9-11-13/h5,7-12H,6H2,1-4H3/b12-5-. The molecule has 82 valence electrons. The maximum absolute atomic E-state index is 2.35. The van der Waals surface area contributed by atoms with E-state index in [4.69, 9.17) is 0 Å². The summed E-state index contributed by atoms with van der Waals surface area (Å²) in [6, 6.07) is 10.6. The molecule has 0 radical (unpaired) electrons. The largest absolute Gasteiger partial charge is 0.369 e. The van der Waals surface area contributed by atoms with Crippen LogP contribution in [0.5, 0.6) is 0 Å². The van der Waals surface area contributed by atoms with Crippen LogP contribution in [0.1, 0.15) is 33.3 Å². The second kappa shape index (κ2) is 5.01. The molecule has 0 N–H and O–H groups in total. The van der Waals surface area contributed by atoms with Gasteiger partial charge in [0.05, 0.1) is 5.54 Å². The minimum Gasteiger partial charge on any atom is -0.369 e. The van der Waals surface area contributed by atoms with Gasteiger partial charge in [0.25, 0.3) is 0 Å². The summed E-state index contributed by atoms with van der Waals surface area (Å²) in [5, 5.41) is 0. The first-order valence-electron chi connectivity index (χ1n) is 5.58. The predicted molar refractivity (Wildman–Crippen MR) is 66.7 cm³/mol. The minimum atomic E-state index is 0.0581. The molecule has 1 nitrogen and oxygen atoms in total. The number of nitrogens with zero attached hydrogens (tertiary/aromatic N) is 1. The van der Waals surface area contributed by atoms with Gasteiger partial charge in [-0.1, -0.05) is 36.4 Å². The predicted octanol–water partition coefficient (Wildman–Crippen LogP) is 3.78. The van der Waals surface area contributed by atoms with Crippen molar-refractivity contribution in [2.75, 3.05) is 6.54 Å². The van der Waals surface area contributed by atoms with E-state index in [-0.39, 0.29) is 5.54 Å². The summed E-state index contributed by atoms with van der Waals surface area (Å²) in [7, 11) is 0. The zero-order valence-corrected chi connectivity index (χ0v) is 10.2. The van der Waals surface area contributed by atoms with Crippen molar-refractivity contribution >= 4 is 0 Å². The van der Waals surface area contributed by atoms with Crippen LogP contribution in [-0.2, 0) is 5.54 Å². The fraction of sp³-hybridized carbons (Fsp3) is 0.429. The fourth-order valence-electron chi connectivity index (χ4n) is 1.88. The molecule has 1 heteroatoms. The molecule has 0 heterocycles. The Labute approximate surface area is 93.4 Å². The molecule has 0 unspecified atom stereocenters. The summed E-state index contributed by atoms with van der Waals surface area (Å²) < 4.78 is 0. The van der Waals surface area contributed by atoms with Gasteiger partial charge in [-0.05, 0) is 39.5 Å². The van der Waals surface area contributed by atoms with Gasteiger partial charge in [-0.15, -0.1) is 0 Å². The summed E-state index contributed by atoms with van der Waals surface area (Å²) >= 11 is 0. The van der Waals surface area contributed by atoms with Gasteiger partial charge in [-0.25, -0.2) is 0 Å². The van der Waals surface area contributed by atoms with Crippen molar-refractivity contribution in [3.63, 3.8) is 0 Å². The van der Waals surface area contributed by atoms with E-state index in [1.54, 1.807) is 0 Å². The lowest BCUT2D eigenvalue weighted by molar-refractivity contribution is 0.195. The van der Waals surface area contributed by atoms with Crippen molar-refractivity contribution in [3.05, 3.63) is 48.2 Å². The minimum absolute atomic E-state index is 0.0581. The summed E-state index contributed by atoms with van der Waals surface area (Å²) in [4.78, 5) is 2.35. The SMILES string of the molecule is C/C=C\N(CC)C(C)(C)c1ccccc1. The molecule has 0 aromatic heterocycles. The third-order valence-corrected chi connectivity index (χ3v) is 2.87. The topological polar surface area (TPSA) is 3.24 Å². The molecular formula is C14H21N. The van der Waals surface area contributed by atoms with Crippen molar-refractivity contribution in [2.45, 2.75) is 33.2 Å². The lowest BCUT2D eigenvalue weighted by Crippen LogP contribution is -2.37. The van der Waals surface area contributed by atoms with E-state index >= 15 is 0 Å². The molecule has 0 fully saturated rings. The Morgan fingerprint density at radius 2 is 1.80 bits per heavy atom. The van der Waals surface area contributed by atoms with E-state index < -0.39 is 0 Å². The quantitative estimate of drug-likeness (QED) is 0.720. The molecule has 1 aromatic rings. The fourth-order valence-corrected chi connectivity index (χ4v) is 1.88. The zero-order valence-electron chi connectivity index (χ0n) is 10.2. The molecule has 0 amide bonds. The molecule has 0 saturated heterocycles. The maximum atomic E-state index is 2.35. The Balaban J connectivity index is 3.00. The molecule has 0 aliphatic carbocycles. The molecular weight excluding hydrogens is 182 g/mol. The van der Waals surface area contributed by atoms with Gasteiger partial charge in [0.1, 0.15) is 0 Å². The Hall–Kier alpha value is -1.24. The van der Waals surface area contributed by atoms with Gasteiger partial charge in [-0.2, -0.15) is 0 Å². The van der Waals surface area contributed by atoms with Crippen molar-refractivity contribution in [2.24, 2.45) is 0 Å². The van der Waals surface area contributed by atoms with Crippen LogP contribution in [0.2, 0.25) is 0 Å². The Bertz CT molecular complexity index is 311. The molecule has 0 atom stereocenters. The van der Waals surface area contributed by atoms with E-state index in [1.165, 1.54) is 5.56 Å². The van der Waals surface area contributed by atoms with E-state index in [2.05, 4.69) is 75.2 Å². The highest BCUT2D eigenvalue weighted by atomic mass is 15.2. The van der Waals surface area contributed by atoms with Gasteiger partial charge >= 0.3 is 0 Å². The number of hydrogen-bond acceptors (Lipinski definition) is 1. The first kappa shape index (κ1) is 11.8. The van der Waals surface area contributed by atoms with Crippen LogP contribution < -0.4 is 0 Å². The van der Waals surface area contributed by atoms with Crippen LogP contribution in [0.3, 0.4) is 0 Å². The third-order valence-electron chi connectivity index (χ3n) is 2.87. The molecule has 0 spiro atoms. The van der Waals surface area contributed by atoms with Gasteiger partial charge in [0, 0.05) is 6.54 Å². The molecule has 1 aromatic carbocycles. The number of hydrogen-bond donors (Lipinski definition) is 0. The Kier molecular flexibility index (Phi) is 3.96. The second-order valence-corrected chi connectivity index (χ2v) is 4.19. The van der Waals surface area contributed by atoms with Gasteiger partial charge in [0.15, 0.2) is 0 Å². The smallest absolute Gasteiger partial charge is 0.0591 e. The highest BCUT2D eigenvalue weighted by molar-refractivity contribution is 5.23. The molecule has 0 bridgehead atoms. The van der Waals surface area contributed by atoms with Crippen molar-refractivity contribution in [1.82, 2.24) is 4.90 Å². The van der Waals surface area contributed by atoms with Gasteiger partial charge in [-0.3, -0.25) is 0 Å². The van der Waals surface area contributed by atoms with Crippen LogP contribution in [0.4, 0.5) is 0 Å². The Morgan fingerprint density at radius 1 is 1.20 bits per heavy atom. The van der Waals surface area contributed by atoms with Crippen LogP contribution in [-0.4, -0.2) is 11.4 Å². The van der Waals surface area contributed by atoms with Crippen LogP contribution in [0.25, 0.3) is 0 Å². The van der Waals surface area contributed by atoms with Crippen molar-refractivity contribution in [1.29, 1.82) is 0 Å². The summed E-state index contributed by atoms with van der Waals surface area (Å²) in [6.45, 7) is 9.78. The lowest BCUT2D eigenvalue weighted by atomic mass is 9.92. The van der Waals surface area contributed by atoms with E-state index in [0.29, 0.717) is 0 Å². The van der Waals surface area contributed by atoms with Crippen molar-refractivity contribution in [3.8, 4) is 0 Å². The van der Waals surface area contributed by atoms with Crippen LogP contribution in [0.15, 0.2) is 42.6 Å². The first-order valence-corrected chi connectivity index (χ1v) is 5.58. The molecule has 1 rings (SSSR count). The normalized spacial score (nSPS) is 12.0. The molecule has 15 heavy (non-hydrogen) atoms. The van der Waals surface area contributed by atoms with Crippen molar-refractivity contribution < 1.29 is 0 Å². The highest BCUT2D eigenvalue weighted by Crippen LogP contribution is 2.27. The average Bonchev–Trinajstić information content (AvgIpc) is 2.27. The number of allylic oxidation sites excluding steroid dienone is 1. The van der Waals surface area contributed by atoms with E-state index in [9.17, 15) is 0 Å². The maximum Gasteiger partial charge on any atom is 0.0591 e. The number of benzene rings is 1. The summed E-state index contributed by atoms with van der Waals surface area (Å²) in [5.41, 5.74) is 1.41. The monoisotopic (exact) mass is 203 g/mol. The first-order chi connectivity index (χ1) is 7.12. The average molecular weight is 203 g/mol. The van der Waals surface area contributed by atoms with E-state index in [0.717, 1.165) is 6.54 Å².